The summed E-state index contributed by atoms with van der Waals surface area (Å²) in [6.07, 6.45) is 2.56. The van der Waals surface area contributed by atoms with E-state index in [0.29, 0.717) is 28.7 Å². The number of amides is 1. The molecule has 2 aromatic heterocycles. The summed E-state index contributed by atoms with van der Waals surface area (Å²) in [5.41, 5.74) is 5.52. The second-order valence-corrected chi connectivity index (χ2v) is 7.77. The third kappa shape index (κ3) is 5.24. The van der Waals surface area contributed by atoms with E-state index in [9.17, 15) is 14.9 Å². The smallest absolute Gasteiger partial charge is 0.343 e. The molecule has 35 heavy (non-hydrogen) atoms. The van der Waals surface area contributed by atoms with Crippen molar-refractivity contribution in [2.24, 2.45) is 5.10 Å². The number of para-hydroxylation sites is 1. The zero-order valence-corrected chi connectivity index (χ0v) is 19.4. The number of carbonyl (C=O) groups is 1. The maximum Gasteiger partial charge on any atom is 0.343 e. The molecule has 0 aliphatic carbocycles. The number of aromatic nitrogens is 4. The summed E-state index contributed by atoms with van der Waals surface area (Å²) in [6, 6.07) is 17.1. The molecule has 0 aliphatic heterocycles. The first-order chi connectivity index (χ1) is 16.8. The van der Waals surface area contributed by atoms with Crippen molar-refractivity contribution in [3.8, 4) is 17.3 Å². The lowest BCUT2D eigenvalue weighted by Crippen LogP contribution is -2.24. The minimum absolute atomic E-state index is 0.268. The Morgan fingerprint density at radius 3 is 2.54 bits per heavy atom. The fourth-order valence-corrected chi connectivity index (χ4v) is 3.37. The number of ether oxygens (including phenoxy) is 1. The highest BCUT2D eigenvalue weighted by Crippen LogP contribution is 2.29. The molecular formula is C24H23N7O4. The molecule has 1 amide bonds. The van der Waals surface area contributed by atoms with Crippen LogP contribution in [0.25, 0.3) is 5.69 Å². The van der Waals surface area contributed by atoms with Gasteiger partial charge in [0.25, 0.3) is 5.91 Å². The fourth-order valence-electron chi connectivity index (χ4n) is 3.37. The maximum atomic E-state index is 12.4. The van der Waals surface area contributed by atoms with Gasteiger partial charge in [-0.1, -0.05) is 35.9 Å². The van der Waals surface area contributed by atoms with Crippen molar-refractivity contribution >= 4 is 17.9 Å². The van der Waals surface area contributed by atoms with E-state index < -0.39 is 10.8 Å². The van der Waals surface area contributed by atoms with Gasteiger partial charge in [0.05, 0.1) is 23.2 Å². The summed E-state index contributed by atoms with van der Waals surface area (Å²) in [4.78, 5) is 26.8. The monoisotopic (exact) mass is 473 g/mol. The number of hydrogen-bond donors (Lipinski definition) is 1. The predicted octanol–water partition coefficient (Wildman–Crippen LogP) is 3.84. The van der Waals surface area contributed by atoms with Gasteiger partial charge in [-0.2, -0.15) is 14.9 Å². The van der Waals surface area contributed by atoms with Crippen molar-refractivity contribution in [3.63, 3.8) is 0 Å². The molecule has 0 saturated carbocycles. The van der Waals surface area contributed by atoms with Crippen LogP contribution in [0, 0.1) is 30.9 Å². The molecule has 0 aliphatic rings. The minimum Gasteiger partial charge on any atom is -0.438 e. The number of carbonyl (C=O) groups excluding carboxylic acids is 1. The molecule has 0 unspecified atom stereocenters. The van der Waals surface area contributed by atoms with Crippen LogP contribution < -0.4 is 10.2 Å². The highest BCUT2D eigenvalue weighted by molar-refractivity contribution is 5.86. The van der Waals surface area contributed by atoms with Crippen LogP contribution in [0.3, 0.4) is 0 Å². The molecule has 178 valence electrons. The summed E-state index contributed by atoms with van der Waals surface area (Å²) in [5, 5.41) is 19.8. The van der Waals surface area contributed by atoms with Crippen LogP contribution in [0.4, 0.5) is 5.82 Å². The molecule has 1 N–H and O–H groups in total. The molecule has 0 radical (unpaired) electrons. The van der Waals surface area contributed by atoms with E-state index in [0.717, 1.165) is 17.4 Å². The first kappa shape index (κ1) is 23.4. The quantitative estimate of drug-likeness (QED) is 0.235. The van der Waals surface area contributed by atoms with Crippen LogP contribution in [0.2, 0.25) is 0 Å². The third-order valence-corrected chi connectivity index (χ3v) is 5.20. The molecule has 11 nitrogen and oxygen atoms in total. The van der Waals surface area contributed by atoms with Crippen molar-refractivity contribution in [2.75, 3.05) is 0 Å². The van der Waals surface area contributed by atoms with Crippen LogP contribution in [-0.4, -0.2) is 36.4 Å². The highest BCUT2D eigenvalue weighted by Gasteiger charge is 2.21. The van der Waals surface area contributed by atoms with Crippen molar-refractivity contribution in [2.45, 2.75) is 27.3 Å². The Balaban J connectivity index is 1.60. The number of rotatable bonds is 8. The van der Waals surface area contributed by atoms with Crippen LogP contribution in [0.5, 0.6) is 11.6 Å². The van der Waals surface area contributed by atoms with Crippen LogP contribution in [0.1, 0.15) is 22.6 Å². The average Bonchev–Trinajstić information content (AvgIpc) is 3.35. The van der Waals surface area contributed by atoms with E-state index in [1.807, 2.05) is 68.4 Å². The Bertz CT molecular complexity index is 1390. The third-order valence-electron chi connectivity index (χ3n) is 5.20. The number of nitro groups is 1. The Morgan fingerprint density at radius 2 is 1.86 bits per heavy atom. The Labute approximate surface area is 200 Å². The second-order valence-electron chi connectivity index (χ2n) is 7.77. The second kappa shape index (κ2) is 10.00. The standard InChI is InChI=1S/C24H23N7O4/c1-16-9-11-19(12-10-16)30-24(35-20-7-5-4-6-8-20)21(17(2)28-30)13-26-27-22(32)15-29-18(3)25-14-23(29)31(33)34/h4-14H,15H2,1-3H3,(H,27,32)/b26-13+. The van der Waals surface area contributed by atoms with Gasteiger partial charge in [-0.15, -0.1) is 0 Å². The first-order valence-electron chi connectivity index (χ1n) is 10.7. The van der Waals surface area contributed by atoms with E-state index in [1.54, 1.807) is 11.6 Å². The summed E-state index contributed by atoms with van der Waals surface area (Å²) >= 11 is 0. The number of nitrogens with zero attached hydrogens (tertiary/aromatic N) is 6. The molecule has 0 spiro atoms. The molecule has 2 heterocycles. The molecule has 0 saturated heterocycles. The van der Waals surface area contributed by atoms with Gasteiger partial charge in [0.15, 0.2) is 12.4 Å². The van der Waals surface area contributed by atoms with Crippen LogP contribution in [-0.2, 0) is 11.3 Å². The SMILES string of the molecule is Cc1ccc(-n2nc(C)c(/C=N/NC(=O)Cn3c([N+](=O)[O-])cnc3C)c2Oc2ccccc2)cc1. The molecule has 11 heteroatoms. The molecular weight excluding hydrogens is 450 g/mol. The minimum atomic E-state index is -0.591. The molecule has 0 fully saturated rings. The Kier molecular flexibility index (Phi) is 6.67. The van der Waals surface area contributed by atoms with Crippen molar-refractivity contribution in [3.05, 3.63) is 93.6 Å². The van der Waals surface area contributed by atoms with E-state index in [-0.39, 0.29) is 12.4 Å². The number of hydrazone groups is 1. The maximum absolute atomic E-state index is 12.4. The topological polar surface area (TPSA) is 129 Å². The lowest BCUT2D eigenvalue weighted by Gasteiger charge is -2.10. The van der Waals surface area contributed by atoms with Gasteiger partial charge in [-0.3, -0.25) is 4.79 Å². The van der Waals surface area contributed by atoms with Crippen molar-refractivity contribution < 1.29 is 14.5 Å². The van der Waals surface area contributed by atoms with E-state index >= 15 is 0 Å². The zero-order valence-electron chi connectivity index (χ0n) is 19.4. The molecule has 0 atom stereocenters. The predicted molar refractivity (Wildman–Crippen MR) is 129 cm³/mol. The van der Waals surface area contributed by atoms with Gasteiger partial charge in [0.2, 0.25) is 5.88 Å². The zero-order chi connectivity index (χ0) is 24.9. The molecule has 2 aromatic carbocycles. The van der Waals surface area contributed by atoms with Crippen LogP contribution in [0.15, 0.2) is 65.9 Å². The summed E-state index contributed by atoms with van der Waals surface area (Å²) in [6.45, 7) is 5.10. The largest absolute Gasteiger partial charge is 0.438 e. The number of hydrogen-bond acceptors (Lipinski definition) is 7. The molecule has 0 bridgehead atoms. The van der Waals surface area contributed by atoms with E-state index in [2.05, 4.69) is 20.6 Å². The highest BCUT2D eigenvalue weighted by atomic mass is 16.6. The van der Waals surface area contributed by atoms with Crippen molar-refractivity contribution in [1.82, 2.24) is 24.8 Å². The van der Waals surface area contributed by atoms with Gasteiger partial charge in [0, 0.05) is 6.92 Å². The first-order valence-corrected chi connectivity index (χ1v) is 10.7. The average molecular weight is 473 g/mol. The van der Waals surface area contributed by atoms with Gasteiger partial charge >= 0.3 is 5.82 Å². The van der Waals surface area contributed by atoms with Gasteiger partial charge in [-0.25, -0.2) is 15.0 Å². The number of imidazole rings is 1. The number of benzene rings is 2. The van der Waals surface area contributed by atoms with Gasteiger partial charge in [-0.05, 0) is 43.0 Å². The van der Waals surface area contributed by atoms with E-state index in [1.165, 1.54) is 10.8 Å². The normalized spacial score (nSPS) is 11.1. The fraction of sp³-hybridized carbons (Fsp3) is 0.167. The van der Waals surface area contributed by atoms with Gasteiger partial charge < -0.3 is 14.9 Å². The molecule has 4 aromatic rings. The number of aryl methyl sites for hydroxylation is 3. The van der Waals surface area contributed by atoms with Gasteiger partial charge in [0.1, 0.15) is 11.9 Å². The lowest BCUT2D eigenvalue weighted by atomic mass is 10.2. The molecule has 4 rings (SSSR count). The van der Waals surface area contributed by atoms with Crippen molar-refractivity contribution in [1.29, 1.82) is 0 Å². The number of nitrogens with one attached hydrogen (secondary N) is 1. The Morgan fingerprint density at radius 1 is 1.14 bits per heavy atom. The Hall–Kier alpha value is -4.80. The summed E-state index contributed by atoms with van der Waals surface area (Å²) in [7, 11) is 0. The lowest BCUT2D eigenvalue weighted by molar-refractivity contribution is -0.392. The van der Waals surface area contributed by atoms with E-state index in [4.69, 9.17) is 4.74 Å². The van der Waals surface area contributed by atoms with Crippen LogP contribution >= 0.6 is 0 Å². The summed E-state index contributed by atoms with van der Waals surface area (Å²) in [5.74, 6) is 0.582. The summed E-state index contributed by atoms with van der Waals surface area (Å²) < 4.78 is 9.03.